The van der Waals surface area contributed by atoms with E-state index in [4.69, 9.17) is 0 Å². The fourth-order valence-corrected chi connectivity index (χ4v) is 8.66. The Morgan fingerprint density at radius 2 is 0.393 bits per heavy atom. The fourth-order valence-electron chi connectivity index (χ4n) is 8.66. The number of aromatic hydroxyl groups is 4. The van der Waals surface area contributed by atoms with Crippen molar-refractivity contribution in [1.82, 2.24) is 0 Å². The number of hydrogen-bond donors (Lipinski definition) is 4. The van der Waals surface area contributed by atoms with Gasteiger partial charge in [-0.15, -0.1) is 0 Å². The van der Waals surface area contributed by atoms with E-state index >= 15 is 0 Å². The summed E-state index contributed by atoms with van der Waals surface area (Å²) < 4.78 is 0. The number of phenols is 4. The molecule has 0 radical (unpaired) electrons. The average Bonchev–Trinajstić information content (AvgIpc) is 1.58. The molecule has 0 heterocycles. The molecule has 8 aromatic rings. The first kappa shape index (κ1) is 61.6. The molecule has 0 saturated heterocycles. The Labute approximate surface area is 493 Å². The van der Waals surface area contributed by atoms with Crippen LogP contribution in [0.4, 0.5) is 91.0 Å². The molecule has 0 saturated carbocycles. The predicted octanol–water partition coefficient (Wildman–Crippen LogP) is 14.8. The van der Waals surface area contributed by atoms with Crippen molar-refractivity contribution in [3.8, 4) is 23.0 Å². The van der Waals surface area contributed by atoms with Gasteiger partial charge in [-0.2, -0.15) is 40.9 Å². The number of azo groups is 4. The highest BCUT2D eigenvalue weighted by Gasteiger charge is 2.24. The molecule has 0 fully saturated rings. The van der Waals surface area contributed by atoms with Crippen LogP contribution in [-0.4, -0.2) is 59.8 Å². The zero-order chi connectivity index (χ0) is 64.7. The molecule has 0 unspecified atom stereocenters. The van der Waals surface area contributed by atoms with E-state index in [-0.39, 0.29) is 102 Å². The number of benzene rings is 8. The topological polar surface area (TPSA) is 525 Å². The molecule has 0 aromatic heterocycles. The van der Waals surface area contributed by atoms with Crippen molar-refractivity contribution in [1.29, 1.82) is 0 Å². The van der Waals surface area contributed by atoms with Crippen molar-refractivity contribution in [3.05, 3.63) is 247 Å². The van der Waals surface area contributed by atoms with Crippen LogP contribution in [0.3, 0.4) is 0 Å². The van der Waals surface area contributed by atoms with Crippen molar-refractivity contribution in [2.45, 2.75) is 33.1 Å². The van der Waals surface area contributed by atoms with E-state index in [1.165, 1.54) is 62.4 Å². The Morgan fingerprint density at radius 3 is 0.562 bits per heavy atom. The van der Waals surface area contributed by atoms with Gasteiger partial charge < -0.3 is 20.4 Å². The highest BCUT2D eigenvalue weighted by atomic mass is 16.7. The second-order valence-corrected chi connectivity index (χ2v) is 19.0. The van der Waals surface area contributed by atoms with Gasteiger partial charge in [-0.25, -0.2) is 0 Å². The molecule has 36 nitrogen and oxygen atoms in total. The average molecular weight is 1220 g/mol. The zero-order valence-corrected chi connectivity index (χ0v) is 45.1. The molecule has 0 atom stereocenters. The van der Waals surface area contributed by atoms with Gasteiger partial charge in [0, 0.05) is 101 Å². The smallest absolute Gasteiger partial charge is 0.278 e. The van der Waals surface area contributed by atoms with E-state index < -0.39 is 116 Å². The standard InChI is InChI=1S/C53H36N16O20/c1-26-3-34(54-58-38-14-42(62(74)75)22-43(15-38)63(76)77)8-28(50(26)70)5-30-10-36(56-60-40-18-46(66(82)83)24-47(19-40)67(84)85)12-32(52(30)72)7-33-13-37(57-61-41-20-48(68(86)87)25-49(21-41)69(88)89)11-31(53(33)73)6-29-9-35(4-27(2)51(29)71)55-59-39-16-44(64(78)79)23-45(17-39)65(80)81/h3-4,8-25,70-73H,5-7H2,1-2H3. The quantitative estimate of drug-likeness (QED) is 0.0278. The Kier molecular flexibility index (Phi) is 17.7. The van der Waals surface area contributed by atoms with Crippen LogP contribution in [0.15, 0.2) is 162 Å². The maximum atomic E-state index is 12.2. The lowest BCUT2D eigenvalue weighted by molar-refractivity contribution is -0.394. The van der Waals surface area contributed by atoms with Crippen molar-refractivity contribution in [2.24, 2.45) is 40.9 Å². The molecule has 448 valence electrons. The third-order valence-electron chi connectivity index (χ3n) is 12.7. The normalized spacial score (nSPS) is 11.4. The lowest BCUT2D eigenvalue weighted by atomic mass is 9.93. The molecule has 8 aromatic carbocycles. The second kappa shape index (κ2) is 25.6. The molecular formula is C53H36N16O20. The summed E-state index contributed by atoms with van der Waals surface area (Å²) >= 11 is 0. The van der Waals surface area contributed by atoms with Crippen molar-refractivity contribution in [2.75, 3.05) is 0 Å². The van der Waals surface area contributed by atoms with Crippen LogP contribution in [0.5, 0.6) is 23.0 Å². The summed E-state index contributed by atoms with van der Waals surface area (Å²) in [7, 11) is 0. The highest BCUT2D eigenvalue weighted by molar-refractivity contribution is 5.64. The Hall–Kier alpha value is -13.4. The molecule has 0 aliphatic rings. The van der Waals surface area contributed by atoms with Crippen molar-refractivity contribution >= 4 is 91.0 Å². The second-order valence-electron chi connectivity index (χ2n) is 19.0. The first-order valence-corrected chi connectivity index (χ1v) is 24.9. The van der Waals surface area contributed by atoms with Gasteiger partial charge in [-0.05, 0) is 73.5 Å². The number of nitro groups is 8. The first-order chi connectivity index (χ1) is 42.1. The summed E-state index contributed by atoms with van der Waals surface area (Å²) in [6, 6.07) is 20.1. The number of nitro benzene ring substituents is 8. The van der Waals surface area contributed by atoms with Gasteiger partial charge in [0.25, 0.3) is 45.5 Å². The van der Waals surface area contributed by atoms with Gasteiger partial charge >= 0.3 is 0 Å². The maximum Gasteiger partial charge on any atom is 0.278 e. The summed E-state index contributed by atoms with van der Waals surface area (Å²) in [6.45, 7) is 2.90. The van der Waals surface area contributed by atoms with E-state index in [0.29, 0.717) is 24.3 Å². The lowest BCUT2D eigenvalue weighted by Gasteiger charge is -2.16. The van der Waals surface area contributed by atoms with E-state index in [1.807, 2.05) is 0 Å². The number of hydrogen-bond acceptors (Lipinski definition) is 28. The van der Waals surface area contributed by atoms with Crippen LogP contribution in [0.2, 0.25) is 0 Å². The van der Waals surface area contributed by atoms with Crippen LogP contribution in [-0.2, 0) is 19.3 Å². The van der Waals surface area contributed by atoms with Gasteiger partial charge in [0.2, 0.25) is 0 Å². The number of phenolic OH excluding ortho intramolecular Hbond substituents is 4. The SMILES string of the molecule is Cc1cc(N=Nc2cc([N+](=O)[O-])cc([N+](=O)[O-])c2)cc(Cc2cc(N=Nc3cc([N+](=O)[O-])cc([N+](=O)[O-])c3)cc(Cc3cc(N=Nc4cc([N+](=O)[O-])cc([N+](=O)[O-])c4)cc(Cc4cc(N=Nc5cc([N+](=O)[O-])cc([N+](=O)[O-])c5)cc(C)c4O)c3O)c2O)c1O. The third kappa shape index (κ3) is 14.9. The van der Waals surface area contributed by atoms with Crippen molar-refractivity contribution < 1.29 is 59.8 Å². The van der Waals surface area contributed by atoms with Gasteiger partial charge in [0.05, 0.1) is 109 Å². The minimum atomic E-state index is -0.911. The number of aryl methyl sites for hydroxylation is 2. The van der Waals surface area contributed by atoms with Crippen LogP contribution < -0.4 is 0 Å². The third-order valence-corrected chi connectivity index (χ3v) is 12.7. The first-order valence-electron chi connectivity index (χ1n) is 24.9. The molecular weight excluding hydrogens is 1180 g/mol. The number of non-ortho nitro benzene ring substituents is 8. The van der Waals surface area contributed by atoms with E-state index in [9.17, 15) is 101 Å². The highest BCUT2D eigenvalue weighted by Crippen LogP contribution is 2.42. The van der Waals surface area contributed by atoms with E-state index in [1.54, 1.807) is 0 Å². The maximum absolute atomic E-state index is 12.2. The number of rotatable bonds is 22. The molecule has 36 heteroatoms. The molecule has 8 rings (SSSR count). The summed E-state index contributed by atoms with van der Waals surface area (Å²) in [5.41, 5.74) is -7.34. The molecule has 4 N–H and O–H groups in total. The molecule has 0 spiro atoms. The molecule has 0 aliphatic heterocycles. The van der Waals surface area contributed by atoms with Gasteiger partial charge in [0.1, 0.15) is 23.0 Å². The van der Waals surface area contributed by atoms with Gasteiger partial charge in [-0.3, -0.25) is 80.9 Å². The van der Waals surface area contributed by atoms with Gasteiger partial charge in [-0.1, -0.05) is 0 Å². The van der Waals surface area contributed by atoms with Crippen LogP contribution in [0, 0.1) is 94.8 Å². The van der Waals surface area contributed by atoms with E-state index in [0.717, 1.165) is 48.5 Å². The van der Waals surface area contributed by atoms with E-state index in [2.05, 4.69) is 40.9 Å². The molecule has 0 aliphatic carbocycles. The Bertz CT molecular complexity index is 4090. The van der Waals surface area contributed by atoms with Crippen LogP contribution in [0.25, 0.3) is 0 Å². The molecule has 0 amide bonds. The van der Waals surface area contributed by atoms with Gasteiger partial charge in [0.15, 0.2) is 0 Å². The summed E-state index contributed by atoms with van der Waals surface area (Å²) in [4.78, 5) is 86.0. The Morgan fingerprint density at radius 1 is 0.247 bits per heavy atom. The molecule has 89 heavy (non-hydrogen) atoms. The summed E-state index contributed by atoms with van der Waals surface area (Å²) in [5, 5.41) is 173. The summed E-state index contributed by atoms with van der Waals surface area (Å²) in [6.07, 6.45) is -1.37. The van der Waals surface area contributed by atoms with Crippen molar-refractivity contribution in [3.63, 3.8) is 0 Å². The minimum Gasteiger partial charge on any atom is -0.507 e. The Balaban J connectivity index is 1.27. The minimum absolute atomic E-state index is 0.0148. The van der Waals surface area contributed by atoms with Crippen LogP contribution in [0.1, 0.15) is 44.5 Å². The molecule has 0 bridgehead atoms. The number of nitrogens with zero attached hydrogens (tertiary/aromatic N) is 16. The monoisotopic (exact) mass is 1220 g/mol. The van der Waals surface area contributed by atoms with Crippen LogP contribution >= 0.6 is 0 Å². The summed E-state index contributed by atoms with van der Waals surface area (Å²) in [5.74, 6) is -1.84. The lowest BCUT2D eigenvalue weighted by Crippen LogP contribution is -1.99. The largest absolute Gasteiger partial charge is 0.507 e. The fraction of sp³-hybridized carbons (Fsp3) is 0.0943. The predicted molar refractivity (Wildman–Crippen MR) is 306 cm³/mol. The zero-order valence-electron chi connectivity index (χ0n) is 45.1.